The van der Waals surface area contributed by atoms with Crippen LogP contribution in [-0.2, 0) is 4.74 Å². The van der Waals surface area contributed by atoms with Crippen LogP contribution in [0.4, 0.5) is 0 Å². The van der Waals surface area contributed by atoms with E-state index in [4.69, 9.17) is 4.74 Å². The second-order valence-corrected chi connectivity index (χ2v) is 5.98. The van der Waals surface area contributed by atoms with Gasteiger partial charge in [0.05, 0.1) is 6.61 Å². The number of benzene rings is 1. The molecule has 1 amide bonds. The number of likely N-dealkylation sites (tertiary alicyclic amines) is 1. The highest BCUT2D eigenvalue weighted by Crippen LogP contribution is 2.23. The van der Waals surface area contributed by atoms with Crippen molar-refractivity contribution in [3.8, 4) is 0 Å². The van der Waals surface area contributed by atoms with E-state index in [-0.39, 0.29) is 5.91 Å². The predicted molar refractivity (Wildman–Crippen MR) is 79.4 cm³/mol. The second kappa shape index (κ2) is 6.53. The molecule has 0 N–H and O–H groups in total. The predicted octanol–water partition coefficient (Wildman–Crippen LogP) is 3.26. The van der Waals surface area contributed by atoms with Gasteiger partial charge in [-0.15, -0.1) is 0 Å². The lowest BCUT2D eigenvalue weighted by Gasteiger charge is -2.32. The van der Waals surface area contributed by atoms with Gasteiger partial charge in [0.15, 0.2) is 0 Å². The number of carbonyl (C=O) groups is 1. The molecule has 1 unspecified atom stereocenters. The molecular formula is C15H20BrNO2. The Labute approximate surface area is 123 Å². The average Bonchev–Trinajstić information content (AvgIpc) is 2.42. The molecule has 3 nitrogen and oxygen atoms in total. The summed E-state index contributed by atoms with van der Waals surface area (Å²) in [6, 6.07) is 5.79. The quantitative estimate of drug-likeness (QED) is 0.853. The number of methoxy groups -OCH3 is 1. The van der Waals surface area contributed by atoms with Gasteiger partial charge in [0.1, 0.15) is 0 Å². The van der Waals surface area contributed by atoms with E-state index in [1.807, 2.05) is 30.0 Å². The molecule has 1 aliphatic rings. The van der Waals surface area contributed by atoms with E-state index in [1.165, 1.54) is 0 Å². The fraction of sp³-hybridized carbons (Fsp3) is 0.533. The molecule has 0 spiro atoms. The molecule has 104 valence electrons. The average molecular weight is 326 g/mol. The van der Waals surface area contributed by atoms with Crippen molar-refractivity contribution in [3.63, 3.8) is 0 Å². The van der Waals surface area contributed by atoms with Crippen LogP contribution in [0, 0.1) is 12.8 Å². The molecule has 1 heterocycles. The molecular weight excluding hydrogens is 306 g/mol. The molecule has 0 saturated carbocycles. The minimum Gasteiger partial charge on any atom is -0.384 e. The number of carbonyl (C=O) groups excluding carboxylic acids is 1. The van der Waals surface area contributed by atoms with Crippen LogP contribution in [0.3, 0.4) is 0 Å². The molecule has 0 bridgehead atoms. The van der Waals surface area contributed by atoms with Crippen LogP contribution in [-0.4, -0.2) is 37.6 Å². The Balaban J connectivity index is 2.12. The molecule has 4 heteroatoms. The van der Waals surface area contributed by atoms with E-state index in [1.54, 1.807) is 7.11 Å². The second-order valence-electron chi connectivity index (χ2n) is 5.13. The first-order chi connectivity index (χ1) is 9.13. The maximum atomic E-state index is 12.6. The van der Waals surface area contributed by atoms with Gasteiger partial charge in [-0.3, -0.25) is 4.79 Å². The normalized spacial score (nSPS) is 19.5. The van der Waals surface area contributed by atoms with Crippen LogP contribution in [0.2, 0.25) is 0 Å². The Morgan fingerprint density at radius 1 is 1.53 bits per heavy atom. The number of halogens is 1. The van der Waals surface area contributed by atoms with Gasteiger partial charge in [0.2, 0.25) is 0 Å². The monoisotopic (exact) mass is 325 g/mol. The Morgan fingerprint density at radius 2 is 2.32 bits per heavy atom. The fourth-order valence-electron chi connectivity index (χ4n) is 2.63. The fourth-order valence-corrected chi connectivity index (χ4v) is 3.00. The van der Waals surface area contributed by atoms with Crippen molar-refractivity contribution in [2.75, 3.05) is 26.8 Å². The van der Waals surface area contributed by atoms with Crippen molar-refractivity contribution < 1.29 is 9.53 Å². The van der Waals surface area contributed by atoms with Crippen LogP contribution >= 0.6 is 15.9 Å². The number of ether oxygens (including phenoxy) is 1. The standard InChI is InChI=1S/C15H20BrNO2/c1-11-13(6-3-7-14(11)16)15(18)17-8-4-5-12(9-17)10-19-2/h3,6-7,12H,4-5,8-10H2,1-2H3. The van der Waals surface area contributed by atoms with Crippen molar-refractivity contribution in [2.45, 2.75) is 19.8 Å². The molecule has 1 aliphatic heterocycles. The molecule has 1 aromatic rings. The highest BCUT2D eigenvalue weighted by atomic mass is 79.9. The molecule has 1 fully saturated rings. The van der Waals surface area contributed by atoms with Crippen LogP contribution < -0.4 is 0 Å². The molecule has 1 aromatic carbocycles. The Kier molecular flexibility index (Phi) is 4.99. The van der Waals surface area contributed by atoms with Gasteiger partial charge in [-0.2, -0.15) is 0 Å². The molecule has 0 aromatic heterocycles. The highest BCUT2D eigenvalue weighted by Gasteiger charge is 2.25. The van der Waals surface area contributed by atoms with Crippen molar-refractivity contribution >= 4 is 21.8 Å². The molecule has 19 heavy (non-hydrogen) atoms. The lowest BCUT2D eigenvalue weighted by Crippen LogP contribution is -2.41. The summed E-state index contributed by atoms with van der Waals surface area (Å²) in [5, 5.41) is 0. The largest absolute Gasteiger partial charge is 0.384 e. The smallest absolute Gasteiger partial charge is 0.254 e. The number of nitrogens with zero attached hydrogens (tertiary/aromatic N) is 1. The molecule has 1 atom stereocenters. The van der Waals surface area contributed by atoms with E-state index < -0.39 is 0 Å². The maximum Gasteiger partial charge on any atom is 0.254 e. The molecule has 1 saturated heterocycles. The first kappa shape index (κ1) is 14.5. The highest BCUT2D eigenvalue weighted by molar-refractivity contribution is 9.10. The summed E-state index contributed by atoms with van der Waals surface area (Å²) in [4.78, 5) is 14.5. The van der Waals surface area contributed by atoms with Crippen molar-refractivity contribution in [1.82, 2.24) is 4.90 Å². The summed E-state index contributed by atoms with van der Waals surface area (Å²) >= 11 is 3.48. The van der Waals surface area contributed by atoms with Crippen LogP contribution in [0.15, 0.2) is 22.7 Å². The van der Waals surface area contributed by atoms with E-state index in [0.29, 0.717) is 5.92 Å². The van der Waals surface area contributed by atoms with Crippen LogP contribution in [0.25, 0.3) is 0 Å². The number of amides is 1. The first-order valence-electron chi connectivity index (χ1n) is 6.66. The summed E-state index contributed by atoms with van der Waals surface area (Å²) in [5.74, 6) is 0.606. The zero-order valence-corrected chi connectivity index (χ0v) is 13.1. The SMILES string of the molecule is COCC1CCCN(C(=O)c2cccc(Br)c2C)C1. The van der Waals surface area contributed by atoms with Crippen LogP contribution in [0.1, 0.15) is 28.8 Å². The number of piperidine rings is 1. The molecule has 0 aliphatic carbocycles. The van der Waals surface area contributed by atoms with Gasteiger partial charge < -0.3 is 9.64 Å². The first-order valence-corrected chi connectivity index (χ1v) is 7.46. The number of hydrogen-bond donors (Lipinski definition) is 0. The minimum atomic E-state index is 0.139. The zero-order chi connectivity index (χ0) is 13.8. The lowest BCUT2D eigenvalue weighted by molar-refractivity contribution is 0.0570. The Hall–Kier alpha value is -0.870. The number of rotatable bonds is 3. The number of hydrogen-bond acceptors (Lipinski definition) is 2. The van der Waals surface area contributed by atoms with E-state index in [2.05, 4.69) is 15.9 Å². The van der Waals surface area contributed by atoms with E-state index >= 15 is 0 Å². The third-order valence-electron chi connectivity index (χ3n) is 3.71. The van der Waals surface area contributed by atoms with Gasteiger partial charge in [-0.1, -0.05) is 22.0 Å². The van der Waals surface area contributed by atoms with Crippen molar-refractivity contribution in [2.24, 2.45) is 5.92 Å². The Bertz CT molecular complexity index is 459. The van der Waals surface area contributed by atoms with Crippen LogP contribution in [0.5, 0.6) is 0 Å². The van der Waals surface area contributed by atoms with Gasteiger partial charge in [0, 0.05) is 30.2 Å². The zero-order valence-electron chi connectivity index (χ0n) is 11.5. The minimum absolute atomic E-state index is 0.139. The summed E-state index contributed by atoms with van der Waals surface area (Å²) in [7, 11) is 1.72. The van der Waals surface area contributed by atoms with Gasteiger partial charge in [-0.25, -0.2) is 0 Å². The van der Waals surface area contributed by atoms with E-state index in [0.717, 1.165) is 48.1 Å². The van der Waals surface area contributed by atoms with Gasteiger partial charge in [-0.05, 0) is 43.4 Å². The van der Waals surface area contributed by atoms with Gasteiger partial charge >= 0.3 is 0 Å². The Morgan fingerprint density at radius 3 is 3.05 bits per heavy atom. The van der Waals surface area contributed by atoms with Crippen molar-refractivity contribution in [1.29, 1.82) is 0 Å². The molecule has 2 rings (SSSR count). The lowest BCUT2D eigenvalue weighted by atomic mass is 9.97. The topological polar surface area (TPSA) is 29.5 Å². The third-order valence-corrected chi connectivity index (χ3v) is 4.57. The van der Waals surface area contributed by atoms with Gasteiger partial charge in [0.25, 0.3) is 5.91 Å². The molecule has 0 radical (unpaired) electrons. The van der Waals surface area contributed by atoms with E-state index in [9.17, 15) is 4.79 Å². The summed E-state index contributed by atoms with van der Waals surface area (Å²) in [6.45, 7) is 4.37. The summed E-state index contributed by atoms with van der Waals surface area (Å²) < 4.78 is 6.20. The van der Waals surface area contributed by atoms with Crippen molar-refractivity contribution in [3.05, 3.63) is 33.8 Å². The summed E-state index contributed by atoms with van der Waals surface area (Å²) in [5.41, 5.74) is 1.81. The maximum absolute atomic E-state index is 12.6. The third kappa shape index (κ3) is 3.37. The summed E-state index contributed by atoms with van der Waals surface area (Å²) in [6.07, 6.45) is 2.21.